The molecule has 4 fully saturated rings. The number of rotatable bonds is 2. The third-order valence-electron chi connectivity index (χ3n) is 11.2. The summed E-state index contributed by atoms with van der Waals surface area (Å²) in [4.78, 5) is 6.44. The number of aliphatic hydroxyl groups excluding tert-OH is 2. The van der Waals surface area contributed by atoms with Crippen molar-refractivity contribution in [2.24, 2.45) is 17.3 Å². The molecular weight excluding hydrogens is 452 g/mol. The van der Waals surface area contributed by atoms with Crippen molar-refractivity contribution >= 4 is 16.3 Å². The van der Waals surface area contributed by atoms with Crippen molar-refractivity contribution in [2.75, 3.05) is 14.1 Å². The highest BCUT2D eigenvalue weighted by molar-refractivity contribution is 5.95. The van der Waals surface area contributed by atoms with E-state index in [0.29, 0.717) is 19.3 Å². The molecule has 192 valence electrons. The lowest BCUT2D eigenvalue weighted by Gasteiger charge is -2.65. The summed E-state index contributed by atoms with van der Waals surface area (Å²) < 4.78 is 7.24. The molecule has 3 aliphatic carbocycles. The smallest absolute Gasteiger partial charge is 0.102 e. The standard InChI is InChI=1S/C30H38N2O4/c1-27-10-12-29(35)15-22-25(33)26(34)23(32(2)3)16-28(22)11-13-30(29,36-28)24(27)8-7-21(27)19-6-4-5-18-9-14-31-17-20(18)19/h4-7,9,14,17,22-26,33-35H,8,10-13,15-16H2,1-3H3. The van der Waals surface area contributed by atoms with Crippen LogP contribution < -0.4 is 0 Å². The Kier molecular flexibility index (Phi) is 4.78. The molecular formula is C30H38N2O4. The van der Waals surface area contributed by atoms with E-state index in [1.807, 2.05) is 31.4 Å². The number of hydrogen-bond acceptors (Lipinski definition) is 6. The average Bonchev–Trinajstić information content (AvgIpc) is 3.39. The van der Waals surface area contributed by atoms with Crippen LogP contribution in [0, 0.1) is 17.3 Å². The zero-order valence-electron chi connectivity index (χ0n) is 21.5. The first-order chi connectivity index (χ1) is 17.1. The summed E-state index contributed by atoms with van der Waals surface area (Å²) in [5.74, 6) is -0.0699. The second kappa shape index (κ2) is 7.39. The maximum absolute atomic E-state index is 12.3. The van der Waals surface area contributed by atoms with Crippen LogP contribution in [0.1, 0.15) is 57.4 Å². The van der Waals surface area contributed by atoms with Crippen LogP contribution in [-0.4, -0.2) is 74.4 Å². The van der Waals surface area contributed by atoms with Crippen LogP contribution in [0.2, 0.25) is 0 Å². The van der Waals surface area contributed by atoms with Gasteiger partial charge in [-0.2, -0.15) is 0 Å². The highest BCUT2D eigenvalue weighted by Crippen LogP contribution is 2.72. The van der Waals surface area contributed by atoms with Crippen LogP contribution in [0.25, 0.3) is 16.3 Å². The Bertz CT molecular complexity index is 1260. The third-order valence-corrected chi connectivity index (χ3v) is 11.2. The number of pyridine rings is 1. The van der Waals surface area contributed by atoms with Gasteiger partial charge in [0.1, 0.15) is 5.60 Å². The van der Waals surface area contributed by atoms with Crippen molar-refractivity contribution in [3.63, 3.8) is 0 Å². The van der Waals surface area contributed by atoms with Gasteiger partial charge in [0.15, 0.2) is 0 Å². The Balaban J connectivity index is 1.30. The van der Waals surface area contributed by atoms with Crippen LogP contribution in [0.4, 0.5) is 0 Å². The van der Waals surface area contributed by atoms with E-state index in [9.17, 15) is 15.3 Å². The van der Waals surface area contributed by atoms with E-state index in [4.69, 9.17) is 4.74 Å². The molecule has 2 saturated carbocycles. The summed E-state index contributed by atoms with van der Waals surface area (Å²) in [6.07, 6.45) is 9.74. The first-order valence-electron chi connectivity index (χ1n) is 13.6. The third kappa shape index (κ3) is 2.72. The molecule has 7 rings (SSSR count). The molecule has 2 aliphatic heterocycles. The Hall–Kier alpha value is -1.83. The quantitative estimate of drug-likeness (QED) is 0.597. The molecule has 2 saturated heterocycles. The molecule has 3 N–H and O–H groups in total. The topological polar surface area (TPSA) is 86.1 Å². The first-order valence-corrected chi connectivity index (χ1v) is 13.6. The SMILES string of the molecule is CN(C)C1CC23CCC4(O2)C2CC=C(c5cccc6ccncc56)C2(C)CCC4(O)CC3C(O)C1O. The number of allylic oxidation sites excluding steroid dienone is 2. The minimum atomic E-state index is -0.989. The molecule has 3 heterocycles. The summed E-state index contributed by atoms with van der Waals surface area (Å²) in [6, 6.07) is 8.41. The number of benzene rings is 1. The summed E-state index contributed by atoms with van der Waals surface area (Å²) >= 11 is 0. The molecule has 5 aliphatic rings. The van der Waals surface area contributed by atoms with Gasteiger partial charge in [-0.05, 0) is 87.0 Å². The molecule has 2 spiro atoms. The molecule has 36 heavy (non-hydrogen) atoms. The van der Waals surface area contributed by atoms with Crippen molar-refractivity contribution in [3.8, 4) is 0 Å². The lowest BCUT2D eigenvalue weighted by molar-refractivity contribution is -0.331. The van der Waals surface area contributed by atoms with Crippen LogP contribution in [0.15, 0.2) is 42.7 Å². The Morgan fingerprint density at radius 2 is 1.86 bits per heavy atom. The van der Waals surface area contributed by atoms with Gasteiger partial charge in [0, 0.05) is 35.7 Å². The van der Waals surface area contributed by atoms with Gasteiger partial charge >= 0.3 is 0 Å². The predicted molar refractivity (Wildman–Crippen MR) is 138 cm³/mol. The lowest BCUT2D eigenvalue weighted by atomic mass is 9.51. The number of aliphatic hydroxyl groups is 3. The van der Waals surface area contributed by atoms with E-state index < -0.39 is 29.0 Å². The van der Waals surface area contributed by atoms with Crippen LogP contribution in [0.3, 0.4) is 0 Å². The van der Waals surface area contributed by atoms with Gasteiger partial charge in [-0.15, -0.1) is 0 Å². The highest BCUT2D eigenvalue weighted by atomic mass is 16.6. The molecule has 1 aromatic carbocycles. The second-order valence-corrected chi connectivity index (χ2v) is 12.8. The highest BCUT2D eigenvalue weighted by Gasteiger charge is 2.76. The van der Waals surface area contributed by atoms with Crippen LogP contribution in [0.5, 0.6) is 0 Å². The fourth-order valence-electron chi connectivity index (χ4n) is 9.38. The number of ether oxygens (including phenoxy) is 1. The zero-order chi connectivity index (χ0) is 25.1. The molecule has 6 heteroatoms. The predicted octanol–water partition coefficient (Wildman–Crippen LogP) is 3.53. The minimum Gasteiger partial charge on any atom is -0.390 e. The monoisotopic (exact) mass is 490 g/mol. The minimum absolute atomic E-state index is 0.109. The maximum Gasteiger partial charge on any atom is 0.102 e. The Labute approximate surface area is 213 Å². The fourth-order valence-corrected chi connectivity index (χ4v) is 9.38. The number of likely N-dealkylation sites (N-methyl/N-ethyl adjacent to an activating group) is 1. The van der Waals surface area contributed by atoms with Gasteiger partial charge in [0.05, 0.1) is 23.4 Å². The first kappa shape index (κ1) is 23.3. The van der Waals surface area contributed by atoms with Crippen molar-refractivity contribution in [3.05, 3.63) is 48.3 Å². The summed E-state index contributed by atoms with van der Waals surface area (Å²) in [5.41, 5.74) is 0.386. The normalized spacial score (nSPS) is 47.4. The lowest BCUT2D eigenvalue weighted by Crippen LogP contribution is -2.73. The number of aromatic nitrogens is 1. The second-order valence-electron chi connectivity index (χ2n) is 12.8. The van der Waals surface area contributed by atoms with Gasteiger partial charge in [-0.1, -0.05) is 31.2 Å². The number of hydrogen-bond donors (Lipinski definition) is 3. The van der Waals surface area contributed by atoms with E-state index in [2.05, 4.69) is 42.2 Å². The van der Waals surface area contributed by atoms with Gasteiger partial charge in [0.2, 0.25) is 0 Å². The van der Waals surface area contributed by atoms with Gasteiger partial charge < -0.3 is 25.0 Å². The summed E-state index contributed by atoms with van der Waals surface area (Å²) in [7, 11) is 3.93. The van der Waals surface area contributed by atoms with Crippen molar-refractivity contribution in [1.29, 1.82) is 0 Å². The van der Waals surface area contributed by atoms with E-state index in [-0.39, 0.29) is 23.3 Å². The Morgan fingerprint density at radius 3 is 2.67 bits per heavy atom. The summed E-state index contributed by atoms with van der Waals surface area (Å²) in [5, 5.41) is 36.9. The molecule has 0 radical (unpaired) electrons. The van der Waals surface area contributed by atoms with Crippen molar-refractivity contribution in [2.45, 2.75) is 86.9 Å². The molecule has 9 atom stereocenters. The van der Waals surface area contributed by atoms with E-state index in [1.54, 1.807) is 0 Å². The van der Waals surface area contributed by atoms with Crippen molar-refractivity contribution < 1.29 is 20.1 Å². The number of nitrogens with zero attached hydrogens (tertiary/aromatic N) is 2. The van der Waals surface area contributed by atoms with Crippen LogP contribution >= 0.6 is 0 Å². The van der Waals surface area contributed by atoms with Gasteiger partial charge in [0.25, 0.3) is 0 Å². The van der Waals surface area contributed by atoms with E-state index in [1.165, 1.54) is 21.9 Å². The average molecular weight is 491 g/mol. The maximum atomic E-state index is 12.3. The molecule has 2 bridgehead atoms. The molecule has 1 aromatic heterocycles. The largest absolute Gasteiger partial charge is 0.390 e. The number of fused-ring (bicyclic) bond motifs is 2. The van der Waals surface area contributed by atoms with E-state index in [0.717, 1.165) is 25.7 Å². The van der Waals surface area contributed by atoms with Gasteiger partial charge in [-0.25, -0.2) is 0 Å². The van der Waals surface area contributed by atoms with Crippen LogP contribution in [-0.2, 0) is 4.74 Å². The molecule has 0 amide bonds. The van der Waals surface area contributed by atoms with Crippen molar-refractivity contribution in [1.82, 2.24) is 9.88 Å². The van der Waals surface area contributed by atoms with E-state index >= 15 is 0 Å². The molecule has 9 unspecified atom stereocenters. The molecule has 6 nitrogen and oxygen atoms in total. The Morgan fingerprint density at radius 1 is 1.03 bits per heavy atom. The molecule has 2 aromatic rings. The van der Waals surface area contributed by atoms with Gasteiger partial charge in [-0.3, -0.25) is 4.98 Å². The fraction of sp³-hybridized carbons (Fsp3) is 0.633. The zero-order valence-corrected chi connectivity index (χ0v) is 21.5. The summed E-state index contributed by atoms with van der Waals surface area (Å²) in [6.45, 7) is 2.38.